The number of halogens is 2. The van der Waals surface area contributed by atoms with E-state index in [9.17, 15) is 29.4 Å². The lowest BCUT2D eigenvalue weighted by Gasteiger charge is -2.22. The number of carboxylic acids is 1. The van der Waals surface area contributed by atoms with E-state index in [0.29, 0.717) is 6.42 Å². The van der Waals surface area contributed by atoms with Crippen LogP contribution in [-0.4, -0.2) is 97.0 Å². The van der Waals surface area contributed by atoms with E-state index < -0.39 is 48.1 Å². The first-order valence-corrected chi connectivity index (χ1v) is 16.2. The SMILES string of the molecule is CCOC(=O)[C@H](O)[C@@H](Cc1ccccc1)NC(=O)c1ccc(Cl)nn1.CCOC(=O)[C@H](O)[C@H](N)Cc1ccccc1.O=C(O)c1ccc(Cl)nn1. The van der Waals surface area contributed by atoms with Crippen LogP contribution in [0, 0.1) is 0 Å². The first-order chi connectivity index (χ1) is 24.4. The van der Waals surface area contributed by atoms with Crippen LogP contribution in [-0.2, 0) is 31.9 Å². The first kappa shape index (κ1) is 42.1. The Morgan fingerprint density at radius 3 is 1.57 bits per heavy atom. The summed E-state index contributed by atoms with van der Waals surface area (Å²) >= 11 is 11.0. The summed E-state index contributed by atoms with van der Waals surface area (Å²) in [6.45, 7) is 3.70. The van der Waals surface area contributed by atoms with E-state index in [-0.39, 0.29) is 41.3 Å². The predicted molar refractivity (Wildman–Crippen MR) is 186 cm³/mol. The standard InChI is InChI=1S/C17H18ClN3O4.C12H17NO3.C5H3ClN2O2/c1-2-25-17(24)15(22)13(10-11-6-4-3-5-7-11)19-16(23)12-8-9-14(18)21-20-12;1-2-16-12(15)11(14)10(13)8-9-6-4-3-5-7-9;6-4-2-1-3(5(9)10)7-8-4/h3-9,13,15,22H,2,10H2,1H3,(H,19,23);3-7,10-11,14H,2,8,13H2,1H3;1-2H,(H,9,10)/t13-,15-;10-,11-;/m11./s1. The van der Waals surface area contributed by atoms with Gasteiger partial charge in [0.25, 0.3) is 5.91 Å². The Labute approximate surface area is 303 Å². The molecule has 4 aromatic rings. The van der Waals surface area contributed by atoms with Crippen molar-refractivity contribution >= 4 is 47.0 Å². The number of carboxylic acid groups (broad SMARTS) is 1. The van der Waals surface area contributed by atoms with E-state index in [1.807, 2.05) is 60.7 Å². The second kappa shape index (κ2) is 22.6. The van der Waals surface area contributed by atoms with Gasteiger partial charge in [0.05, 0.1) is 19.3 Å². The molecule has 272 valence electrons. The van der Waals surface area contributed by atoms with Gasteiger partial charge in [-0.2, -0.15) is 0 Å². The van der Waals surface area contributed by atoms with Crippen LogP contribution in [0.1, 0.15) is 46.0 Å². The van der Waals surface area contributed by atoms with Crippen molar-refractivity contribution in [2.75, 3.05) is 13.2 Å². The Kier molecular flexibility index (Phi) is 18.7. The summed E-state index contributed by atoms with van der Waals surface area (Å²) in [5.74, 6) is -3.14. The molecule has 0 saturated carbocycles. The van der Waals surface area contributed by atoms with Crippen LogP contribution in [0.4, 0.5) is 0 Å². The molecule has 15 nitrogen and oxygen atoms in total. The summed E-state index contributed by atoms with van der Waals surface area (Å²) in [5.41, 5.74) is 7.48. The van der Waals surface area contributed by atoms with Gasteiger partial charge in [0.2, 0.25) is 0 Å². The largest absolute Gasteiger partial charge is 0.476 e. The summed E-state index contributed by atoms with van der Waals surface area (Å²) < 4.78 is 9.53. The van der Waals surface area contributed by atoms with E-state index in [1.54, 1.807) is 13.8 Å². The number of nitrogens with zero attached hydrogens (tertiary/aromatic N) is 4. The summed E-state index contributed by atoms with van der Waals surface area (Å²) in [7, 11) is 0. The second-order valence-electron chi connectivity index (χ2n) is 10.3. The molecule has 0 aliphatic carbocycles. The Balaban J connectivity index is 0.000000295. The van der Waals surface area contributed by atoms with Crippen LogP contribution < -0.4 is 11.1 Å². The van der Waals surface area contributed by atoms with Crippen molar-refractivity contribution in [3.63, 3.8) is 0 Å². The van der Waals surface area contributed by atoms with Crippen LogP contribution in [0.3, 0.4) is 0 Å². The number of ether oxygens (including phenoxy) is 2. The molecule has 2 heterocycles. The van der Waals surface area contributed by atoms with Crippen LogP contribution in [0.5, 0.6) is 0 Å². The number of hydrogen-bond donors (Lipinski definition) is 5. The van der Waals surface area contributed by atoms with Gasteiger partial charge in [-0.05, 0) is 62.1 Å². The molecule has 17 heteroatoms. The van der Waals surface area contributed by atoms with Crippen molar-refractivity contribution in [3.05, 3.63) is 118 Å². The average Bonchev–Trinajstić information content (AvgIpc) is 3.12. The minimum Gasteiger partial charge on any atom is -0.476 e. The third kappa shape index (κ3) is 15.6. The molecule has 4 atom stereocenters. The number of rotatable bonds is 13. The highest BCUT2D eigenvalue weighted by Gasteiger charge is 2.30. The van der Waals surface area contributed by atoms with E-state index in [4.69, 9.17) is 43.5 Å². The predicted octanol–water partition coefficient (Wildman–Crippen LogP) is 2.70. The van der Waals surface area contributed by atoms with Gasteiger partial charge < -0.3 is 35.8 Å². The molecule has 4 rings (SSSR count). The molecule has 51 heavy (non-hydrogen) atoms. The minimum atomic E-state index is -1.51. The molecule has 0 aliphatic heterocycles. The van der Waals surface area contributed by atoms with Gasteiger partial charge in [-0.3, -0.25) is 4.79 Å². The molecule has 2 aromatic carbocycles. The van der Waals surface area contributed by atoms with Crippen molar-refractivity contribution in [2.24, 2.45) is 5.73 Å². The van der Waals surface area contributed by atoms with Crippen LogP contribution >= 0.6 is 23.2 Å². The number of aromatic nitrogens is 4. The topological polar surface area (TPSA) is 237 Å². The molecule has 0 fully saturated rings. The van der Waals surface area contributed by atoms with Gasteiger partial charge in [-0.25, -0.2) is 14.4 Å². The van der Waals surface area contributed by atoms with E-state index in [2.05, 4.69) is 25.7 Å². The number of carbonyl (C=O) groups is 4. The van der Waals surface area contributed by atoms with Crippen LogP contribution in [0.15, 0.2) is 84.9 Å². The molecule has 0 spiro atoms. The normalized spacial score (nSPS) is 12.6. The number of hydrogen-bond acceptors (Lipinski definition) is 13. The summed E-state index contributed by atoms with van der Waals surface area (Å²) in [6, 6.07) is 22.6. The van der Waals surface area contributed by atoms with Gasteiger partial charge in [0, 0.05) is 6.04 Å². The number of aromatic carboxylic acids is 1. The molecule has 0 aliphatic rings. The average molecular weight is 746 g/mol. The molecular formula is C34H38Cl2N6O9. The van der Waals surface area contributed by atoms with Gasteiger partial charge >= 0.3 is 17.9 Å². The zero-order valence-electron chi connectivity index (χ0n) is 27.6. The third-order valence-electron chi connectivity index (χ3n) is 6.49. The first-order valence-electron chi connectivity index (χ1n) is 15.4. The van der Waals surface area contributed by atoms with Crippen molar-refractivity contribution in [3.8, 4) is 0 Å². The summed E-state index contributed by atoms with van der Waals surface area (Å²) in [5, 5.41) is 45.0. The Morgan fingerprint density at radius 1 is 0.686 bits per heavy atom. The fraction of sp³-hybridized carbons (Fsp3) is 0.294. The highest BCUT2D eigenvalue weighted by molar-refractivity contribution is 6.29. The van der Waals surface area contributed by atoms with Crippen molar-refractivity contribution in [1.82, 2.24) is 25.7 Å². The van der Waals surface area contributed by atoms with Gasteiger partial charge in [0.1, 0.15) is 0 Å². The number of carbonyl (C=O) groups excluding carboxylic acids is 3. The lowest BCUT2D eigenvalue weighted by Crippen LogP contribution is -2.49. The van der Waals surface area contributed by atoms with Gasteiger partial charge in [-0.15, -0.1) is 20.4 Å². The molecular weight excluding hydrogens is 707 g/mol. The molecule has 0 saturated heterocycles. The molecule has 0 unspecified atom stereocenters. The highest BCUT2D eigenvalue weighted by atomic mass is 35.5. The monoisotopic (exact) mass is 744 g/mol. The van der Waals surface area contributed by atoms with E-state index in [0.717, 1.165) is 11.1 Å². The van der Waals surface area contributed by atoms with E-state index in [1.165, 1.54) is 24.3 Å². The fourth-order valence-electron chi connectivity index (χ4n) is 4.01. The maximum atomic E-state index is 12.3. The molecule has 2 aromatic heterocycles. The highest BCUT2D eigenvalue weighted by Crippen LogP contribution is 2.10. The van der Waals surface area contributed by atoms with Gasteiger partial charge in [0.15, 0.2) is 33.9 Å². The molecule has 6 N–H and O–H groups in total. The minimum absolute atomic E-state index is 0.0264. The lowest BCUT2D eigenvalue weighted by atomic mass is 10.0. The number of esters is 2. The maximum absolute atomic E-state index is 12.3. The zero-order chi connectivity index (χ0) is 37.8. The quantitative estimate of drug-likeness (QED) is 0.124. The number of nitrogens with one attached hydrogen (secondary N) is 1. The Bertz CT molecular complexity index is 1650. The maximum Gasteiger partial charge on any atom is 0.356 e. The number of aliphatic hydroxyl groups excluding tert-OH is 2. The van der Waals surface area contributed by atoms with Crippen LogP contribution in [0.25, 0.3) is 0 Å². The smallest absolute Gasteiger partial charge is 0.356 e. The van der Waals surface area contributed by atoms with E-state index >= 15 is 0 Å². The number of benzene rings is 2. The van der Waals surface area contributed by atoms with Crippen molar-refractivity contribution in [2.45, 2.75) is 51.0 Å². The zero-order valence-corrected chi connectivity index (χ0v) is 29.1. The number of aliphatic hydroxyl groups is 2. The number of amides is 1. The Hall–Kier alpha value is -5.06. The fourth-order valence-corrected chi connectivity index (χ4v) is 4.21. The molecule has 0 bridgehead atoms. The molecule has 1 amide bonds. The van der Waals surface area contributed by atoms with Crippen molar-refractivity contribution in [1.29, 1.82) is 0 Å². The third-order valence-corrected chi connectivity index (χ3v) is 6.89. The lowest BCUT2D eigenvalue weighted by molar-refractivity contribution is -0.155. The van der Waals surface area contributed by atoms with Crippen molar-refractivity contribution < 1.29 is 44.0 Å². The second-order valence-corrected chi connectivity index (χ2v) is 11.1. The summed E-state index contributed by atoms with van der Waals surface area (Å²) in [6.07, 6.45) is -2.08. The summed E-state index contributed by atoms with van der Waals surface area (Å²) in [4.78, 5) is 45.6. The van der Waals surface area contributed by atoms with Gasteiger partial charge in [-0.1, -0.05) is 83.9 Å². The number of nitrogens with two attached hydrogens (primary N) is 1. The Morgan fingerprint density at radius 2 is 1.14 bits per heavy atom. The molecule has 0 radical (unpaired) electrons. The van der Waals surface area contributed by atoms with Crippen LogP contribution in [0.2, 0.25) is 10.3 Å².